The van der Waals surface area contributed by atoms with E-state index in [1.807, 2.05) is 19.1 Å². The lowest BCUT2D eigenvalue weighted by Gasteiger charge is -2.16. The second kappa shape index (κ2) is 10.3. The van der Waals surface area contributed by atoms with E-state index in [4.69, 9.17) is 0 Å². The van der Waals surface area contributed by atoms with Crippen LogP contribution in [0.4, 0.5) is 5.69 Å². The van der Waals surface area contributed by atoms with Gasteiger partial charge in [-0.3, -0.25) is 14.5 Å². The molecule has 1 aromatic carbocycles. The SMILES string of the molecule is Cc1cccc(CCN(C)CCCCC(=O)c2ccc(NS(C)(=O)=O)cc2)n1. The summed E-state index contributed by atoms with van der Waals surface area (Å²) in [4.78, 5) is 19.0. The first kappa shape index (κ1) is 22.0. The second-order valence-corrected chi connectivity index (χ2v) is 8.90. The Morgan fingerprint density at radius 3 is 2.43 bits per heavy atom. The third kappa shape index (κ3) is 8.19. The van der Waals surface area contributed by atoms with E-state index in [1.165, 1.54) is 0 Å². The smallest absolute Gasteiger partial charge is 0.229 e. The number of aryl methyl sites for hydroxylation is 1. The number of nitrogens with one attached hydrogen (secondary N) is 1. The van der Waals surface area contributed by atoms with Crippen LogP contribution in [-0.4, -0.2) is 50.5 Å². The molecule has 0 atom stereocenters. The van der Waals surface area contributed by atoms with E-state index in [0.717, 1.165) is 50.0 Å². The molecular formula is C21H29N3O3S. The zero-order chi connectivity index (χ0) is 20.6. The van der Waals surface area contributed by atoms with Gasteiger partial charge in [0.1, 0.15) is 0 Å². The lowest BCUT2D eigenvalue weighted by molar-refractivity contribution is 0.0978. The number of ketones is 1. The summed E-state index contributed by atoms with van der Waals surface area (Å²) >= 11 is 0. The Morgan fingerprint density at radius 2 is 1.79 bits per heavy atom. The summed E-state index contributed by atoms with van der Waals surface area (Å²) in [5.41, 5.74) is 3.22. The Hall–Kier alpha value is -2.25. The van der Waals surface area contributed by atoms with Crippen LogP contribution in [0.5, 0.6) is 0 Å². The van der Waals surface area contributed by atoms with Crippen molar-refractivity contribution in [2.24, 2.45) is 0 Å². The summed E-state index contributed by atoms with van der Waals surface area (Å²) in [5.74, 6) is 0.0810. The Bertz CT molecular complexity index is 880. The van der Waals surface area contributed by atoms with Gasteiger partial charge in [-0.25, -0.2) is 8.42 Å². The standard InChI is InChI=1S/C21H29N3O3S/c1-17-7-6-8-19(22-17)14-16-24(2)15-5-4-9-21(25)18-10-12-20(13-11-18)23-28(3,26)27/h6-8,10-13,23H,4-5,9,14-16H2,1-3H3. The molecule has 7 heteroatoms. The van der Waals surface area contributed by atoms with Crippen molar-refractivity contribution in [1.29, 1.82) is 0 Å². The average Bonchev–Trinajstić information content (AvgIpc) is 2.63. The molecule has 0 amide bonds. The Balaban J connectivity index is 1.67. The fourth-order valence-electron chi connectivity index (χ4n) is 2.91. The molecule has 1 N–H and O–H groups in total. The van der Waals surface area contributed by atoms with Gasteiger partial charge >= 0.3 is 0 Å². The number of unbranched alkanes of at least 4 members (excludes halogenated alkanes) is 1. The van der Waals surface area contributed by atoms with E-state index in [9.17, 15) is 13.2 Å². The van der Waals surface area contributed by atoms with Gasteiger partial charge < -0.3 is 4.90 Å². The number of carbonyl (C=O) groups excluding carboxylic acids is 1. The van der Waals surface area contributed by atoms with Gasteiger partial charge in [0.25, 0.3) is 0 Å². The van der Waals surface area contributed by atoms with Gasteiger partial charge in [-0.15, -0.1) is 0 Å². The Kier molecular flexibility index (Phi) is 8.14. The second-order valence-electron chi connectivity index (χ2n) is 7.16. The van der Waals surface area contributed by atoms with Crippen LogP contribution >= 0.6 is 0 Å². The van der Waals surface area contributed by atoms with Gasteiger partial charge in [0.2, 0.25) is 10.0 Å². The number of anilines is 1. The summed E-state index contributed by atoms with van der Waals surface area (Å²) in [6, 6.07) is 12.6. The molecule has 0 unspecified atom stereocenters. The molecule has 1 aromatic heterocycles. The number of pyridine rings is 1. The van der Waals surface area contributed by atoms with Crippen LogP contribution in [0.15, 0.2) is 42.5 Å². The minimum atomic E-state index is -3.30. The molecule has 0 radical (unpaired) electrons. The van der Waals surface area contributed by atoms with E-state index in [-0.39, 0.29) is 5.78 Å². The van der Waals surface area contributed by atoms with E-state index >= 15 is 0 Å². The molecule has 0 saturated carbocycles. The largest absolute Gasteiger partial charge is 0.306 e. The average molecular weight is 404 g/mol. The summed E-state index contributed by atoms with van der Waals surface area (Å²) in [6.45, 7) is 3.88. The van der Waals surface area contributed by atoms with E-state index in [0.29, 0.717) is 17.7 Å². The summed E-state index contributed by atoms with van der Waals surface area (Å²) in [6.07, 6.45) is 4.30. The number of hydrogen-bond acceptors (Lipinski definition) is 5. The molecule has 0 saturated heterocycles. The van der Waals surface area contributed by atoms with Crippen molar-refractivity contribution >= 4 is 21.5 Å². The molecule has 0 bridgehead atoms. The van der Waals surface area contributed by atoms with Crippen LogP contribution in [0.1, 0.15) is 41.0 Å². The quantitative estimate of drug-likeness (QED) is 0.460. The van der Waals surface area contributed by atoms with Crippen LogP contribution in [0.2, 0.25) is 0 Å². The van der Waals surface area contributed by atoms with Gasteiger partial charge in [0, 0.05) is 42.0 Å². The number of aromatic nitrogens is 1. The maximum atomic E-state index is 12.3. The fraction of sp³-hybridized carbons (Fsp3) is 0.429. The zero-order valence-corrected chi connectivity index (χ0v) is 17.6. The number of Topliss-reactive ketones (excluding diaryl/α,β-unsaturated/α-hetero) is 1. The minimum absolute atomic E-state index is 0.0810. The topological polar surface area (TPSA) is 79.4 Å². The summed E-state index contributed by atoms with van der Waals surface area (Å²) in [5, 5.41) is 0. The van der Waals surface area contributed by atoms with Crippen molar-refractivity contribution in [3.8, 4) is 0 Å². The van der Waals surface area contributed by atoms with Crippen molar-refractivity contribution in [1.82, 2.24) is 9.88 Å². The van der Waals surface area contributed by atoms with Crippen molar-refractivity contribution in [3.63, 3.8) is 0 Å². The molecule has 2 aromatic rings. The lowest BCUT2D eigenvalue weighted by atomic mass is 10.1. The number of rotatable bonds is 11. The number of hydrogen-bond donors (Lipinski definition) is 1. The molecule has 1 heterocycles. The van der Waals surface area contributed by atoms with Crippen molar-refractivity contribution in [3.05, 3.63) is 59.4 Å². The van der Waals surface area contributed by atoms with Gasteiger partial charge in [-0.1, -0.05) is 6.07 Å². The molecule has 6 nitrogen and oxygen atoms in total. The van der Waals surface area contributed by atoms with Gasteiger partial charge in [-0.2, -0.15) is 0 Å². The van der Waals surface area contributed by atoms with E-state index in [1.54, 1.807) is 24.3 Å². The highest BCUT2D eigenvalue weighted by Crippen LogP contribution is 2.13. The zero-order valence-electron chi connectivity index (χ0n) is 16.8. The molecular weight excluding hydrogens is 374 g/mol. The highest BCUT2D eigenvalue weighted by Gasteiger charge is 2.08. The van der Waals surface area contributed by atoms with E-state index in [2.05, 4.69) is 27.7 Å². The maximum Gasteiger partial charge on any atom is 0.229 e. The normalized spacial score (nSPS) is 11.6. The maximum absolute atomic E-state index is 12.3. The van der Waals surface area contributed by atoms with Crippen LogP contribution in [0, 0.1) is 6.92 Å². The lowest BCUT2D eigenvalue weighted by Crippen LogP contribution is -2.23. The van der Waals surface area contributed by atoms with Crippen LogP contribution in [-0.2, 0) is 16.4 Å². The molecule has 0 spiro atoms. The minimum Gasteiger partial charge on any atom is -0.306 e. The predicted molar refractivity (Wildman–Crippen MR) is 113 cm³/mol. The van der Waals surface area contributed by atoms with Crippen molar-refractivity contribution in [2.75, 3.05) is 31.1 Å². The highest BCUT2D eigenvalue weighted by molar-refractivity contribution is 7.92. The number of likely N-dealkylation sites (N-methyl/N-ethyl adjacent to an activating group) is 1. The third-order valence-corrected chi connectivity index (χ3v) is 5.01. The van der Waals surface area contributed by atoms with E-state index < -0.39 is 10.0 Å². The molecule has 0 aliphatic carbocycles. The first-order valence-corrected chi connectivity index (χ1v) is 11.3. The molecule has 152 valence electrons. The van der Waals surface area contributed by atoms with Gasteiger partial charge in [0.05, 0.1) is 6.26 Å². The van der Waals surface area contributed by atoms with Crippen molar-refractivity contribution in [2.45, 2.75) is 32.6 Å². The molecule has 0 fully saturated rings. The Labute approximate surface area is 168 Å². The number of sulfonamides is 1. The van der Waals surface area contributed by atoms with Gasteiger partial charge in [-0.05, 0) is 69.8 Å². The summed E-state index contributed by atoms with van der Waals surface area (Å²) < 4.78 is 24.8. The monoisotopic (exact) mass is 403 g/mol. The predicted octanol–water partition coefficient (Wildman–Crippen LogP) is 3.29. The third-order valence-electron chi connectivity index (χ3n) is 4.40. The Morgan fingerprint density at radius 1 is 1.07 bits per heavy atom. The van der Waals surface area contributed by atoms with Crippen molar-refractivity contribution < 1.29 is 13.2 Å². The highest BCUT2D eigenvalue weighted by atomic mass is 32.2. The fourth-order valence-corrected chi connectivity index (χ4v) is 3.47. The number of nitrogens with zero attached hydrogens (tertiary/aromatic N) is 2. The molecule has 0 aliphatic rings. The van der Waals surface area contributed by atoms with Crippen LogP contribution < -0.4 is 4.72 Å². The van der Waals surface area contributed by atoms with Gasteiger partial charge in [0.15, 0.2) is 5.78 Å². The number of carbonyl (C=O) groups is 1. The van der Waals surface area contributed by atoms with Crippen LogP contribution in [0.25, 0.3) is 0 Å². The summed E-state index contributed by atoms with van der Waals surface area (Å²) in [7, 11) is -1.22. The first-order chi connectivity index (χ1) is 13.2. The molecule has 28 heavy (non-hydrogen) atoms. The molecule has 0 aliphatic heterocycles. The van der Waals surface area contributed by atoms with Crippen LogP contribution in [0.3, 0.4) is 0 Å². The first-order valence-electron chi connectivity index (χ1n) is 9.45. The molecule has 2 rings (SSSR count). The number of benzene rings is 1.